The van der Waals surface area contributed by atoms with Crippen molar-refractivity contribution in [3.8, 4) is 0 Å². The van der Waals surface area contributed by atoms with E-state index in [1.165, 1.54) is 30.7 Å². The molecule has 1 aromatic carbocycles. The van der Waals surface area contributed by atoms with E-state index in [0.717, 1.165) is 30.3 Å². The number of nitrogens with one attached hydrogen (secondary N) is 2. The van der Waals surface area contributed by atoms with Crippen LogP contribution in [0.4, 0.5) is 27.7 Å². The molecule has 0 aliphatic carbocycles. The SMILES string of the molecule is Nc1nc(Nc2ccc(Sc3ccncc3)c(F)c2)cc(N2C[C@@H]3CCCN[C@@H]3C2)n1. The van der Waals surface area contributed by atoms with Gasteiger partial charge in [-0.25, -0.2) is 4.39 Å². The van der Waals surface area contributed by atoms with Gasteiger partial charge >= 0.3 is 0 Å². The quantitative estimate of drug-likeness (QED) is 0.557. The lowest BCUT2D eigenvalue weighted by Gasteiger charge is -2.24. The molecule has 2 aromatic heterocycles. The van der Waals surface area contributed by atoms with Gasteiger partial charge in [0.2, 0.25) is 5.95 Å². The van der Waals surface area contributed by atoms with Gasteiger partial charge in [0.05, 0.1) is 0 Å². The summed E-state index contributed by atoms with van der Waals surface area (Å²) in [5, 5.41) is 6.77. The molecule has 4 N–H and O–H groups in total. The molecule has 0 bridgehead atoms. The lowest BCUT2D eigenvalue weighted by Crippen LogP contribution is -2.40. The smallest absolute Gasteiger partial charge is 0.223 e. The van der Waals surface area contributed by atoms with Crippen molar-refractivity contribution in [2.75, 3.05) is 35.6 Å². The van der Waals surface area contributed by atoms with Crippen molar-refractivity contribution in [2.24, 2.45) is 5.92 Å². The van der Waals surface area contributed by atoms with E-state index in [-0.39, 0.29) is 11.8 Å². The van der Waals surface area contributed by atoms with E-state index in [1.54, 1.807) is 18.5 Å². The van der Waals surface area contributed by atoms with Crippen LogP contribution >= 0.6 is 11.8 Å². The number of aromatic nitrogens is 3. The molecule has 9 heteroatoms. The maximum absolute atomic E-state index is 14.7. The Morgan fingerprint density at radius 3 is 2.81 bits per heavy atom. The summed E-state index contributed by atoms with van der Waals surface area (Å²) in [5.74, 6) is 1.90. The summed E-state index contributed by atoms with van der Waals surface area (Å²) in [6.07, 6.45) is 5.84. The molecule has 2 saturated heterocycles. The van der Waals surface area contributed by atoms with E-state index in [9.17, 15) is 4.39 Å². The van der Waals surface area contributed by atoms with Crippen LogP contribution in [0.25, 0.3) is 0 Å². The molecule has 0 unspecified atom stereocenters. The number of halogens is 1. The van der Waals surface area contributed by atoms with Crippen molar-refractivity contribution < 1.29 is 4.39 Å². The molecule has 0 radical (unpaired) electrons. The second-order valence-corrected chi connectivity index (χ2v) is 9.01. The third-order valence-electron chi connectivity index (χ3n) is 5.73. The average molecular weight is 438 g/mol. The Morgan fingerprint density at radius 1 is 1.13 bits per heavy atom. The van der Waals surface area contributed by atoms with Gasteiger partial charge in [0.25, 0.3) is 0 Å². The van der Waals surface area contributed by atoms with E-state index < -0.39 is 0 Å². The number of benzene rings is 1. The maximum Gasteiger partial charge on any atom is 0.223 e. The third-order valence-corrected chi connectivity index (χ3v) is 6.79. The van der Waals surface area contributed by atoms with Crippen LogP contribution in [-0.4, -0.2) is 40.6 Å². The molecule has 7 nitrogen and oxygen atoms in total. The highest BCUT2D eigenvalue weighted by molar-refractivity contribution is 7.99. The first-order valence-corrected chi connectivity index (χ1v) is 11.2. The summed E-state index contributed by atoms with van der Waals surface area (Å²) in [7, 11) is 0. The fourth-order valence-electron chi connectivity index (χ4n) is 4.25. The summed E-state index contributed by atoms with van der Waals surface area (Å²) < 4.78 is 14.7. The lowest BCUT2D eigenvalue weighted by molar-refractivity contribution is 0.340. The maximum atomic E-state index is 14.7. The fraction of sp³-hybridized carbons (Fsp3) is 0.318. The largest absolute Gasteiger partial charge is 0.368 e. The molecule has 4 heterocycles. The Balaban J connectivity index is 1.31. The summed E-state index contributed by atoms with van der Waals surface area (Å²) in [6, 6.07) is 11.1. The Morgan fingerprint density at radius 2 is 2.00 bits per heavy atom. The zero-order valence-electron chi connectivity index (χ0n) is 17.0. The second kappa shape index (κ2) is 8.68. The van der Waals surface area contributed by atoms with Gasteiger partial charge in [-0.2, -0.15) is 9.97 Å². The summed E-state index contributed by atoms with van der Waals surface area (Å²) in [5.41, 5.74) is 6.59. The highest BCUT2D eigenvalue weighted by Gasteiger charge is 2.35. The number of hydrogen-bond donors (Lipinski definition) is 3. The Kier molecular flexibility index (Phi) is 5.61. The molecule has 0 spiro atoms. The first-order chi connectivity index (χ1) is 15.1. The minimum atomic E-state index is -0.302. The number of pyridine rings is 1. The van der Waals surface area contributed by atoms with Gasteiger partial charge in [-0.15, -0.1) is 0 Å². The Bertz CT molecular complexity index is 1050. The monoisotopic (exact) mass is 437 g/mol. The van der Waals surface area contributed by atoms with Crippen molar-refractivity contribution in [2.45, 2.75) is 28.7 Å². The molecule has 0 saturated carbocycles. The predicted molar refractivity (Wildman–Crippen MR) is 121 cm³/mol. The first kappa shape index (κ1) is 20.0. The third kappa shape index (κ3) is 4.57. The summed E-state index contributed by atoms with van der Waals surface area (Å²) in [4.78, 5) is 16.5. The van der Waals surface area contributed by atoms with Crippen molar-refractivity contribution in [1.29, 1.82) is 0 Å². The van der Waals surface area contributed by atoms with E-state index in [1.807, 2.05) is 24.3 Å². The molecule has 2 aliphatic heterocycles. The molecule has 5 rings (SSSR count). The van der Waals surface area contributed by atoms with Gasteiger partial charge in [-0.3, -0.25) is 4.98 Å². The number of anilines is 4. The minimum absolute atomic E-state index is 0.202. The van der Waals surface area contributed by atoms with E-state index in [2.05, 4.69) is 30.5 Å². The highest BCUT2D eigenvalue weighted by atomic mass is 32.2. The van der Waals surface area contributed by atoms with Gasteiger partial charge in [0.15, 0.2) is 0 Å². The molecular formula is C22H24FN7S. The predicted octanol–water partition coefficient (Wildman–Crippen LogP) is 3.68. The van der Waals surface area contributed by atoms with Crippen LogP contribution in [-0.2, 0) is 0 Å². The Labute approximate surface area is 184 Å². The topological polar surface area (TPSA) is 92.0 Å². The highest BCUT2D eigenvalue weighted by Crippen LogP contribution is 2.32. The number of fused-ring (bicyclic) bond motifs is 1. The summed E-state index contributed by atoms with van der Waals surface area (Å²) >= 11 is 1.36. The van der Waals surface area contributed by atoms with Crippen molar-refractivity contribution in [3.63, 3.8) is 0 Å². The fourth-order valence-corrected chi connectivity index (χ4v) is 5.06. The molecule has 31 heavy (non-hydrogen) atoms. The first-order valence-electron chi connectivity index (χ1n) is 10.4. The van der Waals surface area contributed by atoms with Gasteiger partial charge in [-0.05, 0) is 55.6 Å². The standard InChI is InChI=1S/C22H24FN7S/c23-17-10-15(3-4-19(17)31-16-5-8-25-9-6-16)27-20-11-21(29-22(24)28-20)30-12-14-2-1-7-26-18(14)13-30/h3-6,8-11,14,18,26H,1-2,7,12-13H2,(H3,24,27,28,29)/t14-,18+/m0/s1. The van der Waals surface area contributed by atoms with Crippen LogP contribution in [0.1, 0.15) is 12.8 Å². The van der Waals surface area contributed by atoms with E-state index in [0.29, 0.717) is 28.4 Å². The zero-order valence-corrected chi connectivity index (χ0v) is 17.8. The summed E-state index contributed by atoms with van der Waals surface area (Å²) in [6.45, 7) is 2.95. The van der Waals surface area contributed by atoms with Crippen LogP contribution in [0.15, 0.2) is 58.6 Å². The van der Waals surface area contributed by atoms with Crippen LogP contribution in [0.5, 0.6) is 0 Å². The van der Waals surface area contributed by atoms with Crippen LogP contribution in [0.3, 0.4) is 0 Å². The molecule has 160 valence electrons. The zero-order chi connectivity index (χ0) is 21.2. The molecule has 0 amide bonds. The van der Waals surface area contributed by atoms with Crippen LogP contribution < -0.4 is 21.3 Å². The van der Waals surface area contributed by atoms with Crippen molar-refractivity contribution >= 4 is 35.0 Å². The Hall–Kier alpha value is -2.91. The van der Waals surface area contributed by atoms with Gasteiger partial charge in [0.1, 0.15) is 17.5 Å². The second-order valence-electron chi connectivity index (χ2n) is 7.89. The van der Waals surface area contributed by atoms with Gasteiger partial charge < -0.3 is 21.3 Å². The number of piperidine rings is 1. The van der Waals surface area contributed by atoms with E-state index >= 15 is 0 Å². The average Bonchev–Trinajstić information content (AvgIpc) is 3.21. The van der Waals surface area contributed by atoms with Gasteiger partial charge in [-0.1, -0.05) is 11.8 Å². The van der Waals surface area contributed by atoms with E-state index in [4.69, 9.17) is 5.73 Å². The number of nitrogens with two attached hydrogens (primary N) is 1. The number of rotatable bonds is 5. The number of nitrogens with zero attached hydrogens (tertiary/aromatic N) is 4. The van der Waals surface area contributed by atoms with Gasteiger partial charge in [0, 0.05) is 53.1 Å². The number of hydrogen-bond acceptors (Lipinski definition) is 8. The normalized spacial score (nSPS) is 20.5. The molecular weight excluding hydrogens is 413 g/mol. The van der Waals surface area contributed by atoms with Crippen LogP contribution in [0.2, 0.25) is 0 Å². The lowest BCUT2D eigenvalue weighted by atomic mass is 9.94. The van der Waals surface area contributed by atoms with Crippen molar-refractivity contribution in [1.82, 2.24) is 20.3 Å². The molecule has 2 atom stereocenters. The molecule has 2 fully saturated rings. The number of nitrogen functional groups attached to an aromatic ring is 1. The van der Waals surface area contributed by atoms with Crippen LogP contribution in [0, 0.1) is 11.7 Å². The molecule has 2 aliphatic rings. The van der Waals surface area contributed by atoms with Crippen molar-refractivity contribution in [3.05, 3.63) is 54.6 Å². The minimum Gasteiger partial charge on any atom is -0.368 e. The molecule has 3 aromatic rings.